The molecule has 0 saturated carbocycles. The van der Waals surface area contributed by atoms with Crippen molar-refractivity contribution in [3.8, 4) is 0 Å². The minimum absolute atomic E-state index is 0.664. The van der Waals surface area contributed by atoms with E-state index in [4.69, 9.17) is 0 Å². The number of H-pyrrole nitrogens is 1. The Labute approximate surface area is 66.2 Å². The summed E-state index contributed by atoms with van der Waals surface area (Å²) < 4.78 is 0. The molecule has 0 amide bonds. The van der Waals surface area contributed by atoms with Gasteiger partial charge in [-0.15, -0.1) is 0 Å². The van der Waals surface area contributed by atoms with Gasteiger partial charge in [0, 0.05) is 18.2 Å². The lowest BCUT2D eigenvalue weighted by atomic mass is 10.0. The van der Waals surface area contributed by atoms with E-state index in [1.54, 1.807) is 0 Å². The van der Waals surface area contributed by atoms with Gasteiger partial charge in [-0.3, -0.25) is 5.10 Å². The van der Waals surface area contributed by atoms with Crippen molar-refractivity contribution < 1.29 is 0 Å². The van der Waals surface area contributed by atoms with E-state index in [-0.39, 0.29) is 0 Å². The van der Waals surface area contributed by atoms with E-state index in [1.807, 2.05) is 6.20 Å². The lowest BCUT2D eigenvalue weighted by Crippen LogP contribution is -2.08. The highest BCUT2D eigenvalue weighted by molar-refractivity contribution is 5.19. The smallest absolute Gasteiger partial charge is 0.0519 e. The summed E-state index contributed by atoms with van der Waals surface area (Å²) in [5.74, 6) is 0.664. The van der Waals surface area contributed by atoms with Crippen LogP contribution in [0.2, 0.25) is 0 Å². The summed E-state index contributed by atoms with van der Waals surface area (Å²) in [7, 11) is 0. The molecule has 2 heterocycles. The van der Waals surface area contributed by atoms with Gasteiger partial charge in [0.25, 0.3) is 0 Å². The molecule has 60 valence electrons. The molecule has 0 aromatic carbocycles. The SMILES string of the molecule is Cc1cn[nH]c1C1CCNC1. The van der Waals surface area contributed by atoms with Crippen molar-refractivity contribution in [2.24, 2.45) is 0 Å². The highest BCUT2D eigenvalue weighted by atomic mass is 15.1. The Balaban J connectivity index is 2.21. The van der Waals surface area contributed by atoms with E-state index in [1.165, 1.54) is 17.7 Å². The molecule has 2 rings (SSSR count). The Bertz CT molecular complexity index is 235. The van der Waals surface area contributed by atoms with Crippen LogP contribution in [0.15, 0.2) is 6.20 Å². The van der Waals surface area contributed by atoms with E-state index in [9.17, 15) is 0 Å². The predicted octanol–water partition coefficient (Wildman–Crippen LogP) is 0.795. The van der Waals surface area contributed by atoms with Crippen molar-refractivity contribution in [1.82, 2.24) is 15.5 Å². The Morgan fingerprint density at radius 3 is 3.09 bits per heavy atom. The third-order valence-electron chi connectivity index (χ3n) is 2.34. The highest BCUT2D eigenvalue weighted by Gasteiger charge is 2.19. The van der Waals surface area contributed by atoms with Crippen molar-refractivity contribution in [2.45, 2.75) is 19.3 Å². The standard InChI is InChI=1S/C8H13N3/c1-6-4-10-11-8(6)7-2-3-9-5-7/h4,7,9H,2-3,5H2,1H3,(H,10,11). The molecule has 1 aliphatic rings. The van der Waals surface area contributed by atoms with Gasteiger partial charge in [-0.1, -0.05) is 0 Å². The van der Waals surface area contributed by atoms with E-state index >= 15 is 0 Å². The zero-order valence-corrected chi connectivity index (χ0v) is 6.72. The van der Waals surface area contributed by atoms with Gasteiger partial charge in [-0.25, -0.2) is 0 Å². The van der Waals surface area contributed by atoms with Gasteiger partial charge in [0.2, 0.25) is 0 Å². The molecule has 1 aromatic heterocycles. The third kappa shape index (κ3) is 1.16. The number of hydrogen-bond acceptors (Lipinski definition) is 2. The zero-order chi connectivity index (χ0) is 7.68. The highest BCUT2D eigenvalue weighted by Crippen LogP contribution is 2.22. The number of aromatic nitrogens is 2. The Hall–Kier alpha value is -0.830. The molecule has 0 bridgehead atoms. The van der Waals surface area contributed by atoms with Crippen molar-refractivity contribution in [2.75, 3.05) is 13.1 Å². The molecular formula is C8H13N3. The molecule has 0 spiro atoms. The minimum Gasteiger partial charge on any atom is -0.316 e. The molecule has 1 fully saturated rings. The second-order valence-corrected chi connectivity index (χ2v) is 3.16. The molecule has 1 aliphatic heterocycles. The van der Waals surface area contributed by atoms with E-state index < -0.39 is 0 Å². The van der Waals surface area contributed by atoms with Gasteiger partial charge < -0.3 is 5.32 Å². The van der Waals surface area contributed by atoms with Crippen molar-refractivity contribution >= 4 is 0 Å². The predicted molar refractivity (Wildman–Crippen MR) is 43.6 cm³/mol. The molecule has 1 aromatic rings. The number of aryl methyl sites for hydroxylation is 1. The molecule has 3 nitrogen and oxygen atoms in total. The maximum Gasteiger partial charge on any atom is 0.0519 e. The van der Waals surface area contributed by atoms with Gasteiger partial charge in [0.1, 0.15) is 0 Å². The van der Waals surface area contributed by atoms with Gasteiger partial charge >= 0.3 is 0 Å². The largest absolute Gasteiger partial charge is 0.316 e. The first-order chi connectivity index (χ1) is 5.38. The number of hydrogen-bond donors (Lipinski definition) is 2. The summed E-state index contributed by atoms with van der Waals surface area (Å²) >= 11 is 0. The van der Waals surface area contributed by atoms with Crippen molar-refractivity contribution in [1.29, 1.82) is 0 Å². The molecule has 0 aliphatic carbocycles. The molecule has 11 heavy (non-hydrogen) atoms. The molecule has 3 heteroatoms. The fourth-order valence-electron chi connectivity index (χ4n) is 1.67. The number of aromatic amines is 1. The summed E-state index contributed by atoms with van der Waals surface area (Å²) in [6, 6.07) is 0. The lowest BCUT2D eigenvalue weighted by molar-refractivity contribution is 0.724. The Kier molecular flexibility index (Phi) is 1.66. The Morgan fingerprint density at radius 2 is 2.55 bits per heavy atom. The summed E-state index contributed by atoms with van der Waals surface area (Å²) in [5.41, 5.74) is 2.61. The third-order valence-corrected chi connectivity index (χ3v) is 2.34. The van der Waals surface area contributed by atoms with Crippen LogP contribution < -0.4 is 5.32 Å². The van der Waals surface area contributed by atoms with Crippen LogP contribution in [-0.4, -0.2) is 23.3 Å². The molecule has 1 unspecified atom stereocenters. The van der Waals surface area contributed by atoms with E-state index in [0.717, 1.165) is 13.1 Å². The number of nitrogens with zero attached hydrogens (tertiary/aromatic N) is 1. The molecule has 0 radical (unpaired) electrons. The second-order valence-electron chi connectivity index (χ2n) is 3.16. The quantitative estimate of drug-likeness (QED) is 0.623. The summed E-state index contributed by atoms with van der Waals surface area (Å²) in [4.78, 5) is 0. The number of rotatable bonds is 1. The van der Waals surface area contributed by atoms with E-state index in [0.29, 0.717) is 5.92 Å². The fraction of sp³-hybridized carbons (Fsp3) is 0.625. The Morgan fingerprint density at radius 1 is 1.64 bits per heavy atom. The monoisotopic (exact) mass is 151 g/mol. The van der Waals surface area contributed by atoms with Crippen LogP contribution in [0.3, 0.4) is 0 Å². The van der Waals surface area contributed by atoms with Crippen LogP contribution in [0.4, 0.5) is 0 Å². The van der Waals surface area contributed by atoms with Crippen LogP contribution in [0.1, 0.15) is 23.6 Å². The molecule has 2 N–H and O–H groups in total. The molecular weight excluding hydrogens is 138 g/mol. The van der Waals surface area contributed by atoms with Crippen LogP contribution in [0.5, 0.6) is 0 Å². The first kappa shape index (κ1) is 6.85. The van der Waals surface area contributed by atoms with Gasteiger partial charge in [0.05, 0.1) is 6.20 Å². The first-order valence-electron chi connectivity index (χ1n) is 4.08. The molecule has 1 saturated heterocycles. The fourth-order valence-corrected chi connectivity index (χ4v) is 1.67. The van der Waals surface area contributed by atoms with Crippen LogP contribution in [-0.2, 0) is 0 Å². The normalized spacial score (nSPS) is 24.3. The second kappa shape index (κ2) is 2.66. The average molecular weight is 151 g/mol. The summed E-state index contributed by atoms with van der Waals surface area (Å²) in [5, 5.41) is 10.4. The molecule has 1 atom stereocenters. The van der Waals surface area contributed by atoms with Gasteiger partial charge in [0.15, 0.2) is 0 Å². The summed E-state index contributed by atoms with van der Waals surface area (Å²) in [6.07, 6.45) is 3.14. The van der Waals surface area contributed by atoms with Gasteiger partial charge in [-0.05, 0) is 25.5 Å². The van der Waals surface area contributed by atoms with Crippen LogP contribution in [0, 0.1) is 6.92 Å². The van der Waals surface area contributed by atoms with Gasteiger partial charge in [-0.2, -0.15) is 5.10 Å². The van der Waals surface area contributed by atoms with Crippen molar-refractivity contribution in [3.05, 3.63) is 17.5 Å². The van der Waals surface area contributed by atoms with Crippen molar-refractivity contribution in [3.63, 3.8) is 0 Å². The summed E-state index contributed by atoms with van der Waals surface area (Å²) in [6.45, 7) is 4.35. The van der Waals surface area contributed by atoms with Crippen LogP contribution >= 0.6 is 0 Å². The maximum atomic E-state index is 4.01. The van der Waals surface area contributed by atoms with Crippen LogP contribution in [0.25, 0.3) is 0 Å². The average Bonchev–Trinajstić information content (AvgIpc) is 2.55. The topological polar surface area (TPSA) is 40.7 Å². The van der Waals surface area contributed by atoms with E-state index in [2.05, 4.69) is 22.4 Å². The zero-order valence-electron chi connectivity index (χ0n) is 6.72. The minimum atomic E-state index is 0.664. The maximum absolute atomic E-state index is 4.01. The lowest BCUT2D eigenvalue weighted by Gasteiger charge is -2.05. The number of nitrogens with one attached hydrogen (secondary N) is 2. The first-order valence-corrected chi connectivity index (χ1v) is 4.08.